The van der Waals surface area contributed by atoms with Crippen molar-refractivity contribution in [3.63, 3.8) is 0 Å². The highest BCUT2D eigenvalue weighted by molar-refractivity contribution is 5.93. The summed E-state index contributed by atoms with van der Waals surface area (Å²) in [6.07, 6.45) is 5.79. The fraction of sp³-hybridized carbons (Fsp3) is 0.278. The Bertz CT molecular complexity index is 929. The van der Waals surface area contributed by atoms with Crippen LogP contribution >= 0.6 is 0 Å². The third-order valence-corrected chi connectivity index (χ3v) is 4.52. The van der Waals surface area contributed by atoms with Crippen LogP contribution in [0.2, 0.25) is 0 Å². The van der Waals surface area contributed by atoms with Crippen LogP contribution in [0, 0.1) is 5.82 Å². The van der Waals surface area contributed by atoms with Crippen molar-refractivity contribution >= 4 is 5.91 Å². The molecule has 0 fully saturated rings. The first-order chi connectivity index (χ1) is 12.2. The van der Waals surface area contributed by atoms with E-state index in [0.29, 0.717) is 24.3 Å². The zero-order valence-electron chi connectivity index (χ0n) is 13.9. The molecule has 0 unspecified atom stereocenters. The van der Waals surface area contributed by atoms with E-state index < -0.39 is 0 Å². The van der Waals surface area contributed by atoms with E-state index in [4.69, 9.17) is 0 Å². The molecular formula is C18H18FN5O. The van der Waals surface area contributed by atoms with Crippen LogP contribution in [0.5, 0.6) is 0 Å². The Labute approximate surface area is 144 Å². The highest BCUT2D eigenvalue weighted by Gasteiger charge is 2.25. The molecule has 0 radical (unpaired) electrons. The summed E-state index contributed by atoms with van der Waals surface area (Å²) < 4.78 is 17.0. The van der Waals surface area contributed by atoms with Gasteiger partial charge in [0.15, 0.2) is 0 Å². The number of rotatable bonds is 3. The molecule has 0 spiro atoms. The molecule has 1 aliphatic rings. The van der Waals surface area contributed by atoms with Crippen molar-refractivity contribution in [1.29, 1.82) is 0 Å². The van der Waals surface area contributed by atoms with Crippen molar-refractivity contribution in [3.8, 4) is 5.69 Å². The minimum absolute atomic E-state index is 0.0839. The zero-order valence-corrected chi connectivity index (χ0v) is 13.9. The molecule has 0 saturated carbocycles. The predicted molar refractivity (Wildman–Crippen MR) is 89.9 cm³/mol. The summed E-state index contributed by atoms with van der Waals surface area (Å²) in [5.74, 6) is -0.421. The number of benzene rings is 1. The molecule has 3 aromatic rings. The van der Waals surface area contributed by atoms with Gasteiger partial charge in [0.2, 0.25) is 0 Å². The molecule has 0 saturated heterocycles. The Morgan fingerprint density at radius 1 is 1.36 bits per heavy atom. The van der Waals surface area contributed by atoms with Crippen molar-refractivity contribution in [1.82, 2.24) is 24.2 Å². The number of imidazole rings is 1. The summed E-state index contributed by atoms with van der Waals surface area (Å²) in [7, 11) is 0. The standard InChI is InChI=1S/C18H18FN5O/c1-2-22-12-20-16-11-23(7-6-17(16)22)18(25)13-9-21-24(10-13)15-5-3-4-14(19)8-15/h3-5,8-10,12H,2,6-7,11H2,1H3. The molecule has 6 nitrogen and oxygen atoms in total. The Morgan fingerprint density at radius 3 is 3.04 bits per heavy atom. The molecule has 0 N–H and O–H groups in total. The van der Waals surface area contributed by atoms with Gasteiger partial charge in [-0.3, -0.25) is 4.79 Å². The topological polar surface area (TPSA) is 56.0 Å². The van der Waals surface area contributed by atoms with Gasteiger partial charge in [-0.1, -0.05) is 6.07 Å². The highest BCUT2D eigenvalue weighted by atomic mass is 19.1. The largest absolute Gasteiger partial charge is 0.334 e. The number of hydrogen-bond donors (Lipinski definition) is 0. The summed E-state index contributed by atoms with van der Waals surface area (Å²) in [4.78, 5) is 19.0. The molecule has 7 heteroatoms. The number of halogens is 1. The number of amides is 1. The molecule has 25 heavy (non-hydrogen) atoms. The van der Waals surface area contributed by atoms with Crippen LogP contribution < -0.4 is 0 Å². The Kier molecular flexibility index (Phi) is 3.83. The van der Waals surface area contributed by atoms with Gasteiger partial charge < -0.3 is 9.47 Å². The van der Waals surface area contributed by atoms with Crippen LogP contribution in [0.1, 0.15) is 28.7 Å². The predicted octanol–water partition coefficient (Wildman–Crippen LogP) is 2.43. The maximum atomic E-state index is 13.4. The van der Waals surface area contributed by atoms with E-state index in [9.17, 15) is 9.18 Å². The van der Waals surface area contributed by atoms with E-state index in [1.165, 1.54) is 28.7 Å². The number of carbonyl (C=O) groups excluding carboxylic acids is 1. The number of fused-ring (bicyclic) bond motifs is 1. The Morgan fingerprint density at radius 2 is 2.24 bits per heavy atom. The summed E-state index contributed by atoms with van der Waals surface area (Å²) in [6, 6.07) is 6.12. The molecule has 4 rings (SSSR count). The molecule has 1 aromatic carbocycles. The van der Waals surface area contributed by atoms with Crippen molar-refractivity contribution in [2.75, 3.05) is 6.54 Å². The van der Waals surface area contributed by atoms with E-state index in [2.05, 4.69) is 21.6 Å². The zero-order chi connectivity index (χ0) is 17.4. The highest BCUT2D eigenvalue weighted by Crippen LogP contribution is 2.20. The molecule has 1 aliphatic heterocycles. The van der Waals surface area contributed by atoms with Gasteiger partial charge in [0, 0.05) is 31.4 Å². The number of carbonyl (C=O) groups is 1. The quantitative estimate of drug-likeness (QED) is 0.736. The fourth-order valence-corrected chi connectivity index (χ4v) is 3.19. The monoisotopic (exact) mass is 339 g/mol. The Balaban J connectivity index is 1.54. The number of hydrogen-bond acceptors (Lipinski definition) is 3. The third-order valence-electron chi connectivity index (χ3n) is 4.52. The lowest BCUT2D eigenvalue weighted by molar-refractivity contribution is 0.0731. The van der Waals surface area contributed by atoms with Crippen molar-refractivity contribution in [2.24, 2.45) is 0 Å². The first kappa shape index (κ1) is 15.6. The van der Waals surface area contributed by atoms with Crippen LogP contribution in [0.4, 0.5) is 4.39 Å². The average Bonchev–Trinajstić information content (AvgIpc) is 3.27. The van der Waals surface area contributed by atoms with E-state index in [-0.39, 0.29) is 11.7 Å². The van der Waals surface area contributed by atoms with Gasteiger partial charge in [-0.15, -0.1) is 0 Å². The van der Waals surface area contributed by atoms with E-state index in [1.807, 2.05) is 6.33 Å². The molecule has 0 atom stereocenters. The van der Waals surface area contributed by atoms with E-state index in [0.717, 1.165) is 18.7 Å². The molecule has 2 aromatic heterocycles. The number of nitrogens with zero attached hydrogens (tertiary/aromatic N) is 5. The maximum absolute atomic E-state index is 13.4. The van der Waals surface area contributed by atoms with E-state index >= 15 is 0 Å². The second-order valence-electron chi connectivity index (χ2n) is 6.05. The molecule has 0 aliphatic carbocycles. The lowest BCUT2D eigenvalue weighted by Gasteiger charge is -2.26. The van der Waals surface area contributed by atoms with Gasteiger partial charge in [0.1, 0.15) is 5.82 Å². The third kappa shape index (κ3) is 2.82. The molecule has 128 valence electrons. The van der Waals surface area contributed by atoms with Crippen molar-refractivity contribution in [3.05, 3.63) is 65.8 Å². The number of aryl methyl sites for hydroxylation is 1. The first-order valence-electron chi connectivity index (χ1n) is 8.28. The minimum atomic E-state index is -0.337. The van der Waals surface area contributed by atoms with Gasteiger partial charge in [0.05, 0.1) is 36.0 Å². The minimum Gasteiger partial charge on any atom is -0.334 e. The molecule has 1 amide bonds. The normalized spacial score (nSPS) is 13.8. The SMILES string of the molecule is CCn1cnc2c1CCN(C(=O)c1cnn(-c3cccc(F)c3)c1)C2. The summed E-state index contributed by atoms with van der Waals surface area (Å²) >= 11 is 0. The van der Waals surface area contributed by atoms with E-state index in [1.54, 1.807) is 23.2 Å². The van der Waals surface area contributed by atoms with Crippen LogP contribution in [0.3, 0.4) is 0 Å². The van der Waals surface area contributed by atoms with Gasteiger partial charge in [-0.2, -0.15) is 5.10 Å². The van der Waals surface area contributed by atoms with Gasteiger partial charge in [0.25, 0.3) is 5.91 Å². The summed E-state index contributed by atoms with van der Waals surface area (Å²) in [5.41, 5.74) is 3.24. The van der Waals surface area contributed by atoms with Crippen LogP contribution in [-0.2, 0) is 19.5 Å². The lowest BCUT2D eigenvalue weighted by atomic mass is 10.1. The molecular weight excluding hydrogens is 321 g/mol. The molecule has 3 heterocycles. The smallest absolute Gasteiger partial charge is 0.257 e. The van der Waals surface area contributed by atoms with Gasteiger partial charge in [-0.05, 0) is 25.1 Å². The second-order valence-corrected chi connectivity index (χ2v) is 6.05. The molecule has 0 bridgehead atoms. The first-order valence-corrected chi connectivity index (χ1v) is 8.28. The lowest BCUT2D eigenvalue weighted by Crippen LogP contribution is -2.36. The number of aromatic nitrogens is 4. The van der Waals surface area contributed by atoms with Gasteiger partial charge >= 0.3 is 0 Å². The second kappa shape index (κ2) is 6.16. The maximum Gasteiger partial charge on any atom is 0.257 e. The van der Waals surface area contributed by atoms with Crippen LogP contribution in [0.25, 0.3) is 5.69 Å². The summed E-state index contributed by atoms with van der Waals surface area (Å²) in [6.45, 7) is 4.13. The van der Waals surface area contributed by atoms with Gasteiger partial charge in [-0.25, -0.2) is 14.1 Å². The van der Waals surface area contributed by atoms with Crippen molar-refractivity contribution < 1.29 is 9.18 Å². The van der Waals surface area contributed by atoms with Crippen molar-refractivity contribution in [2.45, 2.75) is 26.4 Å². The van der Waals surface area contributed by atoms with Crippen LogP contribution in [-0.4, -0.2) is 36.7 Å². The Hall–Kier alpha value is -2.96. The van der Waals surface area contributed by atoms with Crippen LogP contribution in [0.15, 0.2) is 43.0 Å². The average molecular weight is 339 g/mol. The summed E-state index contributed by atoms with van der Waals surface area (Å²) in [5, 5.41) is 4.19. The fourth-order valence-electron chi connectivity index (χ4n) is 3.19.